The van der Waals surface area contributed by atoms with Gasteiger partial charge in [-0.2, -0.15) is 13.2 Å². The number of hydrogen-bond donors (Lipinski definition) is 1. The third-order valence-electron chi connectivity index (χ3n) is 4.66. The molecule has 0 radical (unpaired) electrons. The van der Waals surface area contributed by atoms with Gasteiger partial charge in [0.15, 0.2) is 11.5 Å². The quantitative estimate of drug-likeness (QED) is 0.224. The van der Waals surface area contributed by atoms with Crippen molar-refractivity contribution in [1.29, 1.82) is 0 Å². The van der Waals surface area contributed by atoms with E-state index in [2.05, 4.69) is 37.2 Å². The third-order valence-corrected chi connectivity index (χ3v) is 5.74. The summed E-state index contributed by atoms with van der Waals surface area (Å²) in [7, 11) is 1.39. The van der Waals surface area contributed by atoms with Crippen LogP contribution in [0.2, 0.25) is 0 Å². The summed E-state index contributed by atoms with van der Waals surface area (Å²) in [5.74, 6) is 0.00944. The first-order chi connectivity index (χ1) is 15.5. The molecule has 0 atom stereocenters. The molecule has 0 aliphatic rings. The Bertz CT molecular complexity index is 1200. The summed E-state index contributed by atoms with van der Waals surface area (Å²) in [5, 5.41) is 14.7. The zero-order chi connectivity index (χ0) is 24.3. The van der Waals surface area contributed by atoms with Crippen LogP contribution in [0.4, 0.5) is 24.5 Å². The van der Waals surface area contributed by atoms with Gasteiger partial charge in [0.1, 0.15) is 0 Å². The number of nitro benzene ring substituents is 1. The minimum absolute atomic E-state index is 0.101. The van der Waals surface area contributed by atoms with E-state index in [1.54, 1.807) is 12.1 Å². The van der Waals surface area contributed by atoms with Crippen molar-refractivity contribution in [3.8, 4) is 17.2 Å². The van der Waals surface area contributed by atoms with Crippen LogP contribution in [0.3, 0.4) is 0 Å². The van der Waals surface area contributed by atoms with Crippen molar-refractivity contribution in [3.63, 3.8) is 0 Å². The monoisotopic (exact) mass is 588 g/mol. The van der Waals surface area contributed by atoms with Gasteiger partial charge in [0.2, 0.25) is 5.75 Å². The maximum atomic E-state index is 13.0. The molecule has 0 unspecified atom stereocenters. The van der Waals surface area contributed by atoms with Crippen molar-refractivity contribution in [1.82, 2.24) is 0 Å². The number of rotatable bonds is 7. The minimum atomic E-state index is -4.72. The highest BCUT2D eigenvalue weighted by atomic mass is 79.9. The number of alkyl halides is 3. The van der Waals surface area contributed by atoms with E-state index in [0.717, 1.165) is 33.4 Å². The Kier molecular flexibility index (Phi) is 7.53. The van der Waals surface area contributed by atoms with Gasteiger partial charge in [-0.15, -0.1) is 0 Å². The van der Waals surface area contributed by atoms with Crippen LogP contribution in [-0.2, 0) is 12.7 Å². The predicted molar refractivity (Wildman–Crippen MR) is 125 cm³/mol. The smallest absolute Gasteiger partial charge is 0.416 e. The van der Waals surface area contributed by atoms with Crippen molar-refractivity contribution in [2.24, 2.45) is 0 Å². The second kappa shape index (κ2) is 10.0. The fourth-order valence-electron chi connectivity index (χ4n) is 3.03. The molecule has 3 aromatic carbocycles. The summed E-state index contributed by atoms with van der Waals surface area (Å²) in [5.41, 5.74) is 0.849. The lowest BCUT2D eigenvalue weighted by Gasteiger charge is -2.16. The van der Waals surface area contributed by atoms with Gasteiger partial charge in [-0.05, 0) is 76.4 Å². The highest BCUT2D eigenvalue weighted by Crippen LogP contribution is 2.43. The highest BCUT2D eigenvalue weighted by Gasteiger charge is 2.33. The number of methoxy groups -OCH3 is 1. The first-order valence-corrected chi connectivity index (χ1v) is 11.0. The summed E-state index contributed by atoms with van der Waals surface area (Å²) in [6, 6.07) is 11.3. The predicted octanol–water partition coefficient (Wildman–Crippen LogP) is 7.86. The molecule has 3 rings (SSSR count). The molecule has 0 aliphatic carbocycles. The zero-order valence-corrected chi connectivity index (χ0v) is 20.5. The molecule has 1 N–H and O–H groups in total. The summed E-state index contributed by atoms with van der Waals surface area (Å²) in [4.78, 5) is 10.4. The van der Waals surface area contributed by atoms with E-state index in [9.17, 15) is 23.3 Å². The lowest BCUT2D eigenvalue weighted by atomic mass is 10.1. The highest BCUT2D eigenvalue weighted by molar-refractivity contribution is 9.10. The van der Waals surface area contributed by atoms with Gasteiger partial charge in [-0.1, -0.05) is 15.9 Å². The van der Waals surface area contributed by atoms with E-state index in [4.69, 9.17) is 9.47 Å². The minimum Gasteiger partial charge on any atom is -0.493 e. The summed E-state index contributed by atoms with van der Waals surface area (Å²) >= 11 is 6.79. The Morgan fingerprint density at radius 1 is 1.06 bits per heavy atom. The molecule has 0 saturated heterocycles. The molecule has 0 saturated carbocycles. The van der Waals surface area contributed by atoms with Gasteiger partial charge in [-0.3, -0.25) is 10.1 Å². The normalized spacial score (nSPS) is 11.2. The molecule has 0 bridgehead atoms. The maximum Gasteiger partial charge on any atom is 0.416 e. The average molecular weight is 590 g/mol. The van der Waals surface area contributed by atoms with E-state index in [1.807, 2.05) is 25.1 Å². The van der Waals surface area contributed by atoms with Crippen molar-refractivity contribution >= 4 is 43.2 Å². The van der Waals surface area contributed by atoms with Gasteiger partial charge in [0.25, 0.3) is 0 Å². The third kappa shape index (κ3) is 5.97. The van der Waals surface area contributed by atoms with Crippen molar-refractivity contribution < 1.29 is 27.6 Å². The molecule has 6 nitrogen and oxygen atoms in total. The Balaban J connectivity index is 1.89. The number of benzene rings is 3. The standard InChI is InChI=1S/C22H17Br2F3N2O4/c1-12-7-15(23)4-5-17(12)28-11-13-8-16(24)21(20(9-13)32-2)33-19-6-3-14(22(25,26)27)10-18(19)29(30)31/h3-10,28H,11H2,1-2H3. The SMILES string of the molecule is COc1cc(CNc2ccc(Br)cc2C)cc(Br)c1Oc1ccc(C(F)(F)F)cc1[N+](=O)[O-]. The topological polar surface area (TPSA) is 73.6 Å². The first kappa shape index (κ1) is 24.8. The van der Waals surface area contributed by atoms with E-state index in [0.29, 0.717) is 17.1 Å². The van der Waals surface area contributed by atoms with Crippen LogP contribution >= 0.6 is 31.9 Å². The Morgan fingerprint density at radius 3 is 2.39 bits per heavy atom. The second-order valence-corrected chi connectivity index (χ2v) is 8.73. The van der Waals surface area contributed by atoms with Crippen molar-refractivity contribution in [3.05, 3.63) is 84.3 Å². The lowest BCUT2D eigenvalue weighted by molar-refractivity contribution is -0.385. The largest absolute Gasteiger partial charge is 0.493 e. The molecule has 174 valence electrons. The molecule has 33 heavy (non-hydrogen) atoms. The van der Waals surface area contributed by atoms with Gasteiger partial charge in [-0.25, -0.2) is 0 Å². The first-order valence-electron chi connectivity index (χ1n) is 9.39. The van der Waals surface area contributed by atoms with Crippen LogP contribution < -0.4 is 14.8 Å². The number of halogens is 5. The molecular formula is C22H17Br2F3N2O4. The number of nitrogens with one attached hydrogen (secondary N) is 1. The van der Waals surface area contributed by atoms with Crippen LogP contribution in [0.5, 0.6) is 17.2 Å². The van der Waals surface area contributed by atoms with Gasteiger partial charge >= 0.3 is 11.9 Å². The number of ether oxygens (including phenoxy) is 2. The fourth-order valence-corrected chi connectivity index (χ4v) is 4.08. The lowest BCUT2D eigenvalue weighted by Crippen LogP contribution is -2.06. The molecule has 0 aliphatic heterocycles. The van der Waals surface area contributed by atoms with Gasteiger partial charge < -0.3 is 14.8 Å². The number of anilines is 1. The van der Waals surface area contributed by atoms with Crippen LogP contribution in [0.1, 0.15) is 16.7 Å². The molecule has 0 amide bonds. The van der Waals surface area contributed by atoms with Gasteiger partial charge in [0, 0.05) is 22.8 Å². The van der Waals surface area contributed by atoms with Gasteiger partial charge in [0.05, 0.1) is 22.1 Å². The summed E-state index contributed by atoms with van der Waals surface area (Å²) in [6.45, 7) is 2.41. The number of hydrogen-bond acceptors (Lipinski definition) is 5. The molecule has 0 heterocycles. The molecule has 0 fully saturated rings. The van der Waals surface area contributed by atoms with Crippen LogP contribution in [0.15, 0.2) is 57.5 Å². The van der Waals surface area contributed by atoms with Crippen molar-refractivity contribution in [2.45, 2.75) is 19.6 Å². The summed E-state index contributed by atoms with van der Waals surface area (Å²) < 4.78 is 51.3. The molecular weight excluding hydrogens is 573 g/mol. The van der Waals surface area contributed by atoms with E-state index in [-0.39, 0.29) is 17.2 Å². The zero-order valence-electron chi connectivity index (χ0n) is 17.3. The van der Waals surface area contributed by atoms with E-state index < -0.39 is 22.4 Å². The Labute approximate surface area is 204 Å². The second-order valence-electron chi connectivity index (χ2n) is 6.96. The fraction of sp³-hybridized carbons (Fsp3) is 0.182. The van der Waals surface area contributed by atoms with E-state index in [1.165, 1.54) is 7.11 Å². The Morgan fingerprint density at radius 2 is 1.79 bits per heavy atom. The molecule has 3 aromatic rings. The summed E-state index contributed by atoms with van der Waals surface area (Å²) in [6.07, 6.45) is -4.72. The average Bonchev–Trinajstić information content (AvgIpc) is 2.73. The Hall–Kier alpha value is -2.79. The van der Waals surface area contributed by atoms with Crippen molar-refractivity contribution in [2.75, 3.05) is 12.4 Å². The number of nitro groups is 1. The van der Waals surface area contributed by atoms with E-state index >= 15 is 0 Å². The number of aryl methyl sites for hydroxylation is 1. The molecule has 0 aromatic heterocycles. The molecule has 11 heteroatoms. The number of nitrogens with zero attached hydrogens (tertiary/aromatic N) is 1. The van der Waals surface area contributed by atoms with Crippen LogP contribution in [-0.4, -0.2) is 12.0 Å². The van der Waals surface area contributed by atoms with Crippen LogP contribution in [0.25, 0.3) is 0 Å². The van der Waals surface area contributed by atoms with Crippen LogP contribution in [0, 0.1) is 17.0 Å². The maximum absolute atomic E-state index is 13.0. The molecule has 0 spiro atoms.